The molecule has 0 radical (unpaired) electrons. The highest BCUT2D eigenvalue weighted by Crippen LogP contribution is 2.18. The van der Waals surface area contributed by atoms with E-state index in [1.807, 2.05) is 13.8 Å². The molecule has 0 aromatic carbocycles. The van der Waals surface area contributed by atoms with Gasteiger partial charge in [0.1, 0.15) is 0 Å². The Morgan fingerprint density at radius 3 is 2.65 bits per heavy atom. The summed E-state index contributed by atoms with van der Waals surface area (Å²) in [5.74, 6) is 0.313. The van der Waals surface area contributed by atoms with Crippen molar-refractivity contribution in [2.75, 3.05) is 19.6 Å². The molecule has 17 heavy (non-hydrogen) atoms. The topological polar surface area (TPSA) is 75.4 Å². The Morgan fingerprint density at radius 2 is 2.06 bits per heavy atom. The Balaban J connectivity index is 2.71. The molecule has 1 rings (SSSR count). The summed E-state index contributed by atoms with van der Waals surface area (Å²) >= 11 is 0. The van der Waals surface area contributed by atoms with Gasteiger partial charge in [-0.05, 0) is 18.8 Å². The third kappa shape index (κ3) is 4.54. The molecule has 0 aliphatic carbocycles. The monoisotopic (exact) mass is 263 g/mol. The van der Waals surface area contributed by atoms with Gasteiger partial charge in [-0.15, -0.1) is 0 Å². The zero-order valence-corrected chi connectivity index (χ0v) is 11.7. The van der Waals surface area contributed by atoms with Crippen LogP contribution in [0, 0.1) is 5.92 Å². The van der Waals surface area contributed by atoms with Crippen LogP contribution in [-0.4, -0.2) is 38.4 Å². The van der Waals surface area contributed by atoms with Crippen LogP contribution in [0.3, 0.4) is 0 Å². The Hall–Kier alpha value is -0.170. The van der Waals surface area contributed by atoms with E-state index in [-0.39, 0.29) is 6.04 Å². The highest BCUT2D eigenvalue weighted by molar-refractivity contribution is 7.87. The van der Waals surface area contributed by atoms with E-state index >= 15 is 0 Å². The maximum Gasteiger partial charge on any atom is 0.279 e. The molecular formula is C11H25N3O2S. The number of hydrogen-bond donors (Lipinski definition) is 2. The molecule has 0 bridgehead atoms. The van der Waals surface area contributed by atoms with Gasteiger partial charge in [-0.1, -0.05) is 26.7 Å². The van der Waals surface area contributed by atoms with Gasteiger partial charge >= 0.3 is 0 Å². The fourth-order valence-electron chi connectivity index (χ4n) is 2.06. The normalized spacial score (nSPS) is 23.9. The first-order valence-electron chi connectivity index (χ1n) is 6.44. The van der Waals surface area contributed by atoms with E-state index in [4.69, 9.17) is 5.73 Å². The molecule has 0 saturated carbocycles. The van der Waals surface area contributed by atoms with Crippen LogP contribution in [0.5, 0.6) is 0 Å². The van der Waals surface area contributed by atoms with Crippen LogP contribution in [-0.2, 0) is 10.2 Å². The van der Waals surface area contributed by atoms with E-state index in [1.165, 1.54) is 0 Å². The van der Waals surface area contributed by atoms with Crippen molar-refractivity contribution in [3.8, 4) is 0 Å². The van der Waals surface area contributed by atoms with Crippen molar-refractivity contribution in [2.24, 2.45) is 11.7 Å². The quantitative estimate of drug-likeness (QED) is 0.766. The molecule has 0 aromatic rings. The highest BCUT2D eigenvalue weighted by atomic mass is 32.2. The molecule has 0 aromatic heterocycles. The second kappa shape index (κ2) is 6.68. The van der Waals surface area contributed by atoms with Crippen LogP contribution in [0.1, 0.15) is 39.5 Å². The molecule has 5 nitrogen and oxygen atoms in total. The molecule has 1 unspecified atom stereocenters. The van der Waals surface area contributed by atoms with Crippen molar-refractivity contribution in [1.82, 2.24) is 9.03 Å². The van der Waals surface area contributed by atoms with Crippen LogP contribution in [0.2, 0.25) is 0 Å². The smallest absolute Gasteiger partial charge is 0.279 e. The number of nitrogens with two attached hydrogens (primary N) is 1. The first-order valence-corrected chi connectivity index (χ1v) is 7.88. The van der Waals surface area contributed by atoms with Gasteiger partial charge < -0.3 is 5.73 Å². The number of hydrogen-bond acceptors (Lipinski definition) is 3. The Morgan fingerprint density at radius 1 is 1.35 bits per heavy atom. The van der Waals surface area contributed by atoms with E-state index in [9.17, 15) is 8.42 Å². The minimum Gasteiger partial charge on any atom is -0.329 e. The van der Waals surface area contributed by atoms with Crippen molar-refractivity contribution in [3.63, 3.8) is 0 Å². The molecule has 1 aliphatic rings. The van der Waals surface area contributed by atoms with Crippen molar-refractivity contribution >= 4 is 10.2 Å². The zero-order valence-electron chi connectivity index (χ0n) is 10.9. The van der Waals surface area contributed by atoms with Crippen LogP contribution >= 0.6 is 0 Å². The molecule has 0 amide bonds. The van der Waals surface area contributed by atoms with Gasteiger partial charge in [0.2, 0.25) is 0 Å². The number of rotatable bonds is 5. The van der Waals surface area contributed by atoms with Gasteiger partial charge in [-0.25, -0.2) is 4.72 Å². The van der Waals surface area contributed by atoms with Gasteiger partial charge in [0.15, 0.2) is 0 Å². The Kier molecular flexibility index (Phi) is 5.85. The minimum atomic E-state index is -3.36. The third-order valence-electron chi connectivity index (χ3n) is 3.08. The summed E-state index contributed by atoms with van der Waals surface area (Å²) in [6.45, 7) is 5.46. The lowest BCUT2D eigenvalue weighted by Gasteiger charge is -2.28. The summed E-state index contributed by atoms with van der Waals surface area (Å²) in [7, 11) is -3.36. The summed E-state index contributed by atoms with van der Waals surface area (Å²) in [6, 6.07) is -0.0397. The summed E-state index contributed by atoms with van der Waals surface area (Å²) in [6.07, 6.45) is 3.96. The molecule has 3 N–H and O–H groups in total. The predicted octanol–water partition coefficient (Wildman–Crippen LogP) is 0.680. The van der Waals surface area contributed by atoms with Gasteiger partial charge in [0.05, 0.1) is 0 Å². The van der Waals surface area contributed by atoms with E-state index in [0.29, 0.717) is 25.6 Å². The van der Waals surface area contributed by atoms with E-state index < -0.39 is 10.2 Å². The largest absolute Gasteiger partial charge is 0.329 e. The molecule has 1 heterocycles. The average molecular weight is 263 g/mol. The highest BCUT2D eigenvalue weighted by Gasteiger charge is 2.29. The van der Waals surface area contributed by atoms with Crippen LogP contribution in [0.15, 0.2) is 0 Å². The fraction of sp³-hybridized carbons (Fsp3) is 1.00. The van der Waals surface area contributed by atoms with E-state index in [0.717, 1.165) is 25.7 Å². The third-order valence-corrected chi connectivity index (χ3v) is 4.71. The summed E-state index contributed by atoms with van der Waals surface area (Å²) in [4.78, 5) is 0. The van der Waals surface area contributed by atoms with Crippen molar-refractivity contribution in [1.29, 1.82) is 0 Å². The first kappa shape index (κ1) is 14.9. The van der Waals surface area contributed by atoms with Crippen molar-refractivity contribution in [3.05, 3.63) is 0 Å². The maximum atomic E-state index is 12.2. The van der Waals surface area contributed by atoms with Gasteiger partial charge in [-0.3, -0.25) is 0 Å². The van der Waals surface area contributed by atoms with E-state index in [2.05, 4.69) is 4.72 Å². The SMILES string of the molecule is CC(C)CNS(=O)(=O)N1CCCCCC1CN. The lowest BCUT2D eigenvalue weighted by atomic mass is 10.1. The first-order chi connectivity index (χ1) is 7.97. The fourth-order valence-corrected chi connectivity index (χ4v) is 3.72. The van der Waals surface area contributed by atoms with Gasteiger partial charge in [0.25, 0.3) is 10.2 Å². The summed E-state index contributed by atoms with van der Waals surface area (Å²) in [5, 5.41) is 0. The van der Waals surface area contributed by atoms with Gasteiger partial charge in [-0.2, -0.15) is 12.7 Å². The van der Waals surface area contributed by atoms with E-state index in [1.54, 1.807) is 4.31 Å². The molecule has 1 fully saturated rings. The minimum absolute atomic E-state index is 0.0397. The van der Waals surface area contributed by atoms with Crippen LogP contribution in [0.25, 0.3) is 0 Å². The predicted molar refractivity (Wildman–Crippen MR) is 69.8 cm³/mol. The van der Waals surface area contributed by atoms with Crippen molar-refractivity contribution in [2.45, 2.75) is 45.6 Å². The molecule has 1 saturated heterocycles. The molecule has 102 valence electrons. The standard InChI is InChI=1S/C11H25N3O2S/c1-10(2)9-13-17(15,16)14-7-5-3-4-6-11(14)8-12/h10-11,13H,3-9,12H2,1-2H3. The van der Waals surface area contributed by atoms with Crippen LogP contribution < -0.4 is 10.5 Å². The molecular weight excluding hydrogens is 238 g/mol. The maximum absolute atomic E-state index is 12.2. The van der Waals surface area contributed by atoms with Crippen LogP contribution in [0.4, 0.5) is 0 Å². The number of nitrogens with zero attached hydrogens (tertiary/aromatic N) is 1. The lowest BCUT2D eigenvalue weighted by Crippen LogP contribution is -2.49. The molecule has 1 atom stereocenters. The molecule has 6 heteroatoms. The second-order valence-corrected chi connectivity index (χ2v) is 6.80. The number of nitrogens with one attached hydrogen (secondary N) is 1. The Bertz CT molecular complexity index is 317. The molecule has 0 spiro atoms. The van der Waals surface area contributed by atoms with Gasteiger partial charge in [0, 0.05) is 25.7 Å². The summed E-state index contributed by atoms with van der Waals surface area (Å²) < 4.78 is 28.6. The van der Waals surface area contributed by atoms with Crippen molar-refractivity contribution < 1.29 is 8.42 Å². The lowest BCUT2D eigenvalue weighted by molar-refractivity contribution is 0.322. The average Bonchev–Trinajstić information content (AvgIpc) is 2.51. The Labute approximate surface area is 105 Å². The second-order valence-electron chi connectivity index (χ2n) is 5.10. The zero-order chi connectivity index (χ0) is 12.9. The molecule has 1 aliphatic heterocycles. The summed E-state index contributed by atoms with van der Waals surface area (Å²) in [5.41, 5.74) is 5.68.